The Bertz CT molecular complexity index is 738. The zero-order chi connectivity index (χ0) is 17.2. The first-order valence-corrected chi connectivity index (χ1v) is 9.00. The van der Waals surface area contributed by atoms with Crippen molar-refractivity contribution >= 4 is 27.2 Å². The van der Waals surface area contributed by atoms with E-state index in [1.54, 1.807) is 4.90 Å². The maximum Gasteiger partial charge on any atom is 0.338 e. The first-order chi connectivity index (χ1) is 10.8. The predicted octanol–water partition coefficient (Wildman–Crippen LogP) is 1.78. The van der Waals surface area contributed by atoms with E-state index in [4.69, 9.17) is 0 Å². The Morgan fingerprint density at radius 3 is 2.35 bits per heavy atom. The number of ether oxygens (including phenoxy) is 1. The van der Waals surface area contributed by atoms with E-state index in [0.717, 1.165) is 44.8 Å². The summed E-state index contributed by atoms with van der Waals surface area (Å²) >= 11 is 0. The summed E-state index contributed by atoms with van der Waals surface area (Å²) in [4.78, 5) is 24.0. The topological polar surface area (TPSA) is 107 Å². The summed E-state index contributed by atoms with van der Waals surface area (Å²) in [5.41, 5.74) is -0.486. The number of hydrogen-bond donors (Lipinski definition) is 0. The fourth-order valence-electron chi connectivity index (χ4n) is 2.69. The highest BCUT2D eigenvalue weighted by molar-refractivity contribution is 7.90. The van der Waals surface area contributed by atoms with Crippen LogP contribution in [0.5, 0.6) is 0 Å². The van der Waals surface area contributed by atoms with Crippen LogP contribution in [0, 0.1) is 10.1 Å². The molecule has 1 fully saturated rings. The molecule has 0 amide bonds. The van der Waals surface area contributed by atoms with Crippen LogP contribution in [0.1, 0.15) is 29.6 Å². The van der Waals surface area contributed by atoms with Gasteiger partial charge < -0.3 is 9.64 Å². The molecule has 0 aromatic heterocycles. The van der Waals surface area contributed by atoms with Gasteiger partial charge in [0, 0.05) is 25.4 Å². The Morgan fingerprint density at radius 1 is 1.26 bits per heavy atom. The van der Waals surface area contributed by atoms with Gasteiger partial charge in [-0.05, 0) is 25.3 Å². The molecule has 2 rings (SSSR count). The smallest absolute Gasteiger partial charge is 0.338 e. The van der Waals surface area contributed by atoms with Crippen molar-refractivity contribution in [2.24, 2.45) is 0 Å². The standard InChI is InChI=1S/C14H18N2O6S/c1-22-14(17)10-8-11(16(18)19)13(12(9-10)23(2,20)21)15-6-4-3-5-7-15/h8-9H,3-7H2,1-2H3. The van der Waals surface area contributed by atoms with Crippen molar-refractivity contribution in [2.45, 2.75) is 24.2 Å². The highest BCUT2D eigenvalue weighted by Crippen LogP contribution is 2.38. The van der Waals surface area contributed by atoms with Crippen LogP contribution in [0.2, 0.25) is 0 Å². The molecule has 8 nitrogen and oxygen atoms in total. The van der Waals surface area contributed by atoms with Crippen LogP contribution in [0.25, 0.3) is 0 Å². The predicted molar refractivity (Wildman–Crippen MR) is 83.6 cm³/mol. The second-order valence-corrected chi connectivity index (χ2v) is 7.39. The molecule has 1 aliphatic rings. The molecule has 1 aromatic carbocycles. The number of hydrogen-bond acceptors (Lipinski definition) is 7. The maximum absolute atomic E-state index is 12.1. The van der Waals surface area contributed by atoms with E-state index in [1.807, 2.05) is 0 Å². The van der Waals surface area contributed by atoms with Gasteiger partial charge in [0.15, 0.2) is 9.84 Å². The van der Waals surface area contributed by atoms with E-state index >= 15 is 0 Å². The van der Waals surface area contributed by atoms with E-state index in [0.29, 0.717) is 13.1 Å². The van der Waals surface area contributed by atoms with Crippen molar-refractivity contribution in [1.82, 2.24) is 0 Å². The zero-order valence-corrected chi connectivity index (χ0v) is 13.8. The van der Waals surface area contributed by atoms with E-state index < -0.39 is 26.4 Å². The van der Waals surface area contributed by atoms with Gasteiger partial charge in [-0.15, -0.1) is 0 Å². The molecule has 1 aliphatic heterocycles. The van der Waals surface area contributed by atoms with Gasteiger partial charge in [0.05, 0.1) is 22.5 Å². The average molecular weight is 342 g/mol. The number of benzene rings is 1. The summed E-state index contributed by atoms with van der Waals surface area (Å²) in [7, 11) is -2.63. The summed E-state index contributed by atoms with van der Waals surface area (Å²) in [6, 6.07) is 2.22. The van der Waals surface area contributed by atoms with Gasteiger partial charge in [-0.25, -0.2) is 13.2 Å². The number of carbonyl (C=O) groups is 1. The molecule has 1 aromatic rings. The van der Waals surface area contributed by atoms with Gasteiger partial charge in [0.2, 0.25) is 0 Å². The average Bonchev–Trinajstić information content (AvgIpc) is 2.52. The van der Waals surface area contributed by atoms with Gasteiger partial charge in [-0.2, -0.15) is 0 Å². The van der Waals surface area contributed by atoms with Crippen LogP contribution in [0.4, 0.5) is 11.4 Å². The lowest BCUT2D eigenvalue weighted by molar-refractivity contribution is -0.384. The first-order valence-electron chi connectivity index (χ1n) is 7.11. The van der Waals surface area contributed by atoms with Crippen molar-refractivity contribution in [3.63, 3.8) is 0 Å². The third kappa shape index (κ3) is 3.61. The van der Waals surface area contributed by atoms with E-state index in [-0.39, 0.29) is 16.1 Å². The van der Waals surface area contributed by atoms with Gasteiger partial charge in [-0.1, -0.05) is 0 Å². The number of anilines is 1. The molecule has 1 saturated heterocycles. The number of carbonyl (C=O) groups excluding carboxylic acids is 1. The van der Waals surface area contributed by atoms with Gasteiger partial charge in [-0.3, -0.25) is 10.1 Å². The second kappa shape index (κ2) is 6.53. The van der Waals surface area contributed by atoms with Crippen LogP contribution in [0.15, 0.2) is 17.0 Å². The summed E-state index contributed by atoms with van der Waals surface area (Å²) in [5, 5.41) is 11.4. The fourth-order valence-corrected chi connectivity index (χ4v) is 3.61. The summed E-state index contributed by atoms with van der Waals surface area (Å²) in [6.07, 6.45) is 3.64. The highest BCUT2D eigenvalue weighted by atomic mass is 32.2. The molecule has 0 spiro atoms. The molecule has 0 N–H and O–H groups in total. The number of methoxy groups -OCH3 is 1. The fraction of sp³-hybridized carbons (Fsp3) is 0.500. The van der Waals surface area contributed by atoms with Crippen molar-refractivity contribution < 1.29 is 22.9 Å². The van der Waals surface area contributed by atoms with Crippen molar-refractivity contribution in [1.29, 1.82) is 0 Å². The van der Waals surface area contributed by atoms with E-state index in [9.17, 15) is 23.3 Å². The van der Waals surface area contributed by atoms with E-state index in [1.165, 1.54) is 0 Å². The van der Waals surface area contributed by atoms with Crippen LogP contribution in [0.3, 0.4) is 0 Å². The number of nitro benzene ring substituents is 1. The van der Waals surface area contributed by atoms with Crippen molar-refractivity contribution in [3.05, 3.63) is 27.8 Å². The number of nitro groups is 1. The lowest BCUT2D eigenvalue weighted by Crippen LogP contribution is -2.31. The number of sulfone groups is 1. The molecular formula is C14H18N2O6S. The Balaban J connectivity index is 2.75. The Hall–Kier alpha value is -2.16. The number of nitrogens with zero attached hydrogens (tertiary/aromatic N) is 2. The number of esters is 1. The minimum Gasteiger partial charge on any atom is -0.465 e. The third-order valence-corrected chi connectivity index (χ3v) is 4.85. The molecule has 0 atom stereocenters. The molecule has 0 saturated carbocycles. The van der Waals surface area contributed by atoms with Crippen molar-refractivity contribution in [2.75, 3.05) is 31.4 Å². The van der Waals surface area contributed by atoms with Gasteiger partial charge in [0.1, 0.15) is 5.69 Å². The minimum absolute atomic E-state index is 0.0600. The van der Waals surface area contributed by atoms with Crippen molar-refractivity contribution in [3.8, 4) is 0 Å². The molecule has 0 unspecified atom stereocenters. The molecular weight excluding hydrogens is 324 g/mol. The molecule has 0 radical (unpaired) electrons. The highest BCUT2D eigenvalue weighted by Gasteiger charge is 2.31. The van der Waals surface area contributed by atoms with Gasteiger partial charge in [0.25, 0.3) is 5.69 Å². The number of rotatable bonds is 4. The molecule has 23 heavy (non-hydrogen) atoms. The van der Waals surface area contributed by atoms with Crippen LogP contribution < -0.4 is 4.90 Å². The minimum atomic E-state index is -3.76. The normalized spacial score (nSPS) is 15.3. The Labute approximate surface area is 134 Å². The summed E-state index contributed by atoms with van der Waals surface area (Å²) in [6.45, 7) is 1.09. The molecule has 0 aliphatic carbocycles. The van der Waals surface area contributed by atoms with Gasteiger partial charge >= 0.3 is 5.97 Å². The molecule has 126 valence electrons. The van der Waals surface area contributed by atoms with Crippen LogP contribution in [-0.2, 0) is 14.6 Å². The lowest BCUT2D eigenvalue weighted by Gasteiger charge is -2.29. The third-order valence-electron chi connectivity index (χ3n) is 3.74. The molecule has 1 heterocycles. The van der Waals surface area contributed by atoms with E-state index in [2.05, 4.69) is 4.74 Å². The SMILES string of the molecule is COC(=O)c1cc([N+](=O)[O-])c(N2CCCCC2)c(S(C)(=O)=O)c1. The molecule has 9 heteroatoms. The van der Waals surface area contributed by atoms with Crippen LogP contribution >= 0.6 is 0 Å². The largest absolute Gasteiger partial charge is 0.465 e. The monoisotopic (exact) mass is 342 g/mol. The lowest BCUT2D eigenvalue weighted by atomic mass is 10.1. The summed E-state index contributed by atoms with van der Waals surface area (Å²) < 4.78 is 28.8. The summed E-state index contributed by atoms with van der Waals surface area (Å²) in [5.74, 6) is -0.816. The first kappa shape index (κ1) is 17.2. The Morgan fingerprint density at radius 2 is 1.87 bits per heavy atom. The second-order valence-electron chi connectivity index (χ2n) is 5.41. The number of piperidine rings is 1. The quantitative estimate of drug-likeness (QED) is 0.466. The molecule has 0 bridgehead atoms. The maximum atomic E-state index is 12.1. The zero-order valence-electron chi connectivity index (χ0n) is 12.9. The Kier molecular flexibility index (Phi) is 4.88. The van der Waals surface area contributed by atoms with Crippen LogP contribution in [-0.4, -0.2) is 45.8 Å².